The number of carbonyl (C=O) groups is 2. The third kappa shape index (κ3) is 5.44. The summed E-state index contributed by atoms with van der Waals surface area (Å²) in [6, 6.07) is 10.5. The normalized spacial score (nSPS) is 17.6. The molecule has 1 aromatic carbocycles. The summed E-state index contributed by atoms with van der Waals surface area (Å²) < 4.78 is 5.52. The average Bonchev–Trinajstić information content (AvgIpc) is 3.32. The van der Waals surface area contributed by atoms with Crippen LogP contribution in [0.5, 0.6) is 0 Å². The van der Waals surface area contributed by atoms with E-state index in [9.17, 15) is 9.59 Å². The summed E-state index contributed by atoms with van der Waals surface area (Å²) >= 11 is 1.55. The van der Waals surface area contributed by atoms with Crippen molar-refractivity contribution in [1.29, 1.82) is 0 Å². The molecule has 0 spiro atoms. The quantitative estimate of drug-likeness (QED) is 0.669. The van der Waals surface area contributed by atoms with Gasteiger partial charge in [0, 0.05) is 43.8 Å². The number of amides is 2. The summed E-state index contributed by atoms with van der Waals surface area (Å²) in [6.07, 6.45) is 2.22. The summed E-state index contributed by atoms with van der Waals surface area (Å²) in [5, 5.41) is 7.50. The van der Waals surface area contributed by atoms with E-state index in [0.717, 1.165) is 37.4 Å². The maximum atomic E-state index is 12.4. The van der Waals surface area contributed by atoms with E-state index >= 15 is 0 Å². The second kappa shape index (κ2) is 10.3. The fourth-order valence-electron chi connectivity index (χ4n) is 4.29. The Bertz CT molecular complexity index is 896. The molecule has 1 aromatic heterocycles. The predicted octanol–water partition coefficient (Wildman–Crippen LogP) is 1.94. The van der Waals surface area contributed by atoms with Gasteiger partial charge in [0.05, 0.1) is 25.8 Å². The Kier molecular flexibility index (Phi) is 7.21. The van der Waals surface area contributed by atoms with Crippen molar-refractivity contribution in [2.24, 2.45) is 0 Å². The van der Waals surface area contributed by atoms with Gasteiger partial charge in [-0.2, -0.15) is 0 Å². The summed E-state index contributed by atoms with van der Waals surface area (Å²) in [7, 11) is 2.13. The first-order chi connectivity index (χ1) is 15.1. The molecule has 7 nitrogen and oxygen atoms in total. The van der Waals surface area contributed by atoms with Gasteiger partial charge in [-0.1, -0.05) is 18.2 Å². The van der Waals surface area contributed by atoms with Crippen molar-refractivity contribution in [2.45, 2.75) is 25.4 Å². The molecule has 166 valence electrons. The SMILES string of the molecule is CN1CCCc2cc([C@H](CNC(=O)C(=O)NCc3cccs3)N3CCOCC3)ccc21. The highest BCUT2D eigenvalue weighted by molar-refractivity contribution is 7.09. The number of hydrogen-bond acceptors (Lipinski definition) is 6. The van der Waals surface area contributed by atoms with Crippen molar-refractivity contribution in [1.82, 2.24) is 15.5 Å². The molecule has 1 fully saturated rings. The lowest BCUT2D eigenvalue weighted by atomic mass is 9.95. The molecule has 8 heteroatoms. The molecule has 0 radical (unpaired) electrons. The van der Waals surface area contributed by atoms with Crippen molar-refractivity contribution < 1.29 is 14.3 Å². The molecule has 0 bridgehead atoms. The second-order valence-corrected chi connectivity index (χ2v) is 9.08. The Morgan fingerprint density at radius 2 is 1.94 bits per heavy atom. The number of morpholine rings is 1. The van der Waals surface area contributed by atoms with Gasteiger partial charge in [0.1, 0.15) is 0 Å². The van der Waals surface area contributed by atoms with Gasteiger partial charge in [-0.15, -0.1) is 11.3 Å². The molecule has 1 saturated heterocycles. The zero-order chi connectivity index (χ0) is 21.6. The molecule has 31 heavy (non-hydrogen) atoms. The first kappa shape index (κ1) is 21.8. The summed E-state index contributed by atoms with van der Waals surface area (Å²) in [4.78, 5) is 30.3. The molecule has 2 N–H and O–H groups in total. The van der Waals surface area contributed by atoms with Crippen LogP contribution in [0.15, 0.2) is 35.7 Å². The highest BCUT2D eigenvalue weighted by Crippen LogP contribution is 2.30. The first-order valence-corrected chi connectivity index (χ1v) is 11.7. The number of rotatable bonds is 6. The minimum atomic E-state index is -0.596. The highest BCUT2D eigenvalue weighted by Gasteiger charge is 2.26. The maximum absolute atomic E-state index is 12.4. The van der Waals surface area contributed by atoms with Crippen molar-refractivity contribution >= 4 is 28.8 Å². The lowest BCUT2D eigenvalue weighted by molar-refractivity contribution is -0.139. The zero-order valence-corrected chi connectivity index (χ0v) is 18.7. The standard InChI is InChI=1S/C23H30N4O3S/c1-26-8-2-4-17-14-18(6-7-20(17)26)21(27-9-11-30-12-10-27)16-25-23(29)22(28)24-15-19-5-3-13-31-19/h3,5-7,13-14,21H,2,4,8-12,15-16H2,1H3,(H,24,28)(H,25,29)/t21-/m0/s1. The number of benzene rings is 1. The Hall–Kier alpha value is -2.42. The molecule has 0 unspecified atom stereocenters. The number of nitrogens with zero attached hydrogens (tertiary/aromatic N) is 2. The minimum Gasteiger partial charge on any atom is -0.379 e. The van der Waals surface area contributed by atoms with Crippen LogP contribution in [0, 0.1) is 0 Å². The average molecular weight is 443 g/mol. The van der Waals surface area contributed by atoms with E-state index in [4.69, 9.17) is 4.74 Å². The third-order valence-corrected chi connectivity index (χ3v) is 6.87. The van der Waals surface area contributed by atoms with Crippen LogP contribution in [0.2, 0.25) is 0 Å². The van der Waals surface area contributed by atoms with Gasteiger partial charge in [-0.3, -0.25) is 14.5 Å². The third-order valence-electron chi connectivity index (χ3n) is 5.99. The summed E-state index contributed by atoms with van der Waals surface area (Å²) in [5.74, 6) is -1.19. The molecule has 2 aliphatic heterocycles. The van der Waals surface area contributed by atoms with Crippen LogP contribution >= 0.6 is 11.3 Å². The fraction of sp³-hybridized carbons (Fsp3) is 0.478. The zero-order valence-electron chi connectivity index (χ0n) is 17.9. The van der Waals surface area contributed by atoms with Crippen LogP contribution in [-0.4, -0.2) is 63.2 Å². The van der Waals surface area contributed by atoms with Gasteiger partial charge in [0.15, 0.2) is 0 Å². The van der Waals surface area contributed by atoms with E-state index < -0.39 is 11.8 Å². The van der Waals surface area contributed by atoms with E-state index in [1.165, 1.54) is 16.8 Å². The molecule has 2 aliphatic rings. The minimum absolute atomic E-state index is 0.00970. The van der Waals surface area contributed by atoms with Crippen LogP contribution in [-0.2, 0) is 27.3 Å². The number of thiophene rings is 1. The predicted molar refractivity (Wildman–Crippen MR) is 122 cm³/mol. The van der Waals surface area contributed by atoms with Crippen molar-refractivity contribution in [3.8, 4) is 0 Å². The van der Waals surface area contributed by atoms with Gasteiger partial charge in [0.25, 0.3) is 0 Å². The molecular weight excluding hydrogens is 412 g/mol. The second-order valence-electron chi connectivity index (χ2n) is 8.05. The van der Waals surface area contributed by atoms with Crippen molar-refractivity contribution in [3.63, 3.8) is 0 Å². The monoisotopic (exact) mass is 442 g/mol. The van der Waals surface area contributed by atoms with E-state index in [1.54, 1.807) is 11.3 Å². The number of carbonyl (C=O) groups excluding carboxylic acids is 2. The molecule has 2 aromatic rings. The number of nitrogens with one attached hydrogen (secondary N) is 2. The largest absolute Gasteiger partial charge is 0.379 e. The number of anilines is 1. The molecular formula is C23H30N4O3S. The van der Waals surface area contributed by atoms with Crippen LogP contribution in [0.1, 0.15) is 28.5 Å². The molecule has 0 saturated carbocycles. The van der Waals surface area contributed by atoms with Gasteiger partial charge in [-0.25, -0.2) is 0 Å². The van der Waals surface area contributed by atoms with Crippen LogP contribution in [0.3, 0.4) is 0 Å². The molecule has 1 atom stereocenters. The Morgan fingerprint density at radius 1 is 1.13 bits per heavy atom. The molecule has 4 rings (SSSR count). The van der Waals surface area contributed by atoms with Crippen LogP contribution in [0.4, 0.5) is 5.69 Å². The van der Waals surface area contributed by atoms with Crippen LogP contribution < -0.4 is 15.5 Å². The van der Waals surface area contributed by atoms with Gasteiger partial charge in [0.2, 0.25) is 0 Å². The van der Waals surface area contributed by atoms with Gasteiger partial charge < -0.3 is 20.3 Å². The van der Waals surface area contributed by atoms with Crippen molar-refractivity contribution in [2.75, 3.05) is 51.3 Å². The molecule has 0 aliphatic carbocycles. The number of hydrogen-bond donors (Lipinski definition) is 2. The smallest absolute Gasteiger partial charge is 0.309 e. The highest BCUT2D eigenvalue weighted by atomic mass is 32.1. The lowest BCUT2D eigenvalue weighted by Gasteiger charge is -2.36. The number of ether oxygens (including phenoxy) is 1. The molecule has 2 amide bonds. The Morgan fingerprint density at radius 3 is 2.71 bits per heavy atom. The van der Waals surface area contributed by atoms with E-state index in [0.29, 0.717) is 26.3 Å². The maximum Gasteiger partial charge on any atom is 0.309 e. The topological polar surface area (TPSA) is 73.9 Å². The number of aryl methyl sites for hydroxylation is 1. The van der Waals surface area contributed by atoms with E-state index in [1.807, 2.05) is 17.5 Å². The van der Waals surface area contributed by atoms with Gasteiger partial charge in [-0.05, 0) is 41.5 Å². The molecule has 3 heterocycles. The number of fused-ring (bicyclic) bond motifs is 1. The Labute approximate surface area is 187 Å². The van der Waals surface area contributed by atoms with Gasteiger partial charge >= 0.3 is 11.8 Å². The van der Waals surface area contributed by atoms with Crippen LogP contribution in [0.25, 0.3) is 0 Å². The summed E-state index contributed by atoms with van der Waals surface area (Å²) in [6.45, 7) is 4.81. The summed E-state index contributed by atoms with van der Waals surface area (Å²) in [5.41, 5.74) is 3.81. The fourth-order valence-corrected chi connectivity index (χ4v) is 4.93. The lowest BCUT2D eigenvalue weighted by Crippen LogP contribution is -2.46. The van der Waals surface area contributed by atoms with Crippen molar-refractivity contribution in [3.05, 3.63) is 51.7 Å². The van der Waals surface area contributed by atoms with E-state index in [-0.39, 0.29) is 6.04 Å². The Balaban J connectivity index is 1.43. The van der Waals surface area contributed by atoms with E-state index in [2.05, 4.69) is 45.7 Å². The first-order valence-electron chi connectivity index (χ1n) is 10.9.